The predicted molar refractivity (Wildman–Crippen MR) is 53.6 cm³/mol. The maximum atomic E-state index is 4.28. The quantitative estimate of drug-likeness (QED) is 0.549. The molecule has 1 aromatic heterocycles. The number of rotatable bonds is 0. The van der Waals surface area contributed by atoms with Crippen molar-refractivity contribution < 1.29 is 0 Å². The van der Waals surface area contributed by atoms with Gasteiger partial charge < -0.3 is 4.98 Å². The van der Waals surface area contributed by atoms with Gasteiger partial charge in [0.2, 0.25) is 0 Å². The Bertz CT molecular complexity index is 566. The lowest BCUT2D eigenvalue weighted by atomic mass is 10.2. The Balaban J connectivity index is 2.65. The van der Waals surface area contributed by atoms with Crippen molar-refractivity contribution >= 4 is 21.8 Å². The number of fused-ring (bicyclic) bond motifs is 3. The molecule has 0 aliphatic rings. The molecule has 0 amide bonds. The number of nitrogens with one attached hydrogen (secondary N) is 1. The van der Waals surface area contributed by atoms with Gasteiger partial charge in [-0.15, -0.1) is 0 Å². The van der Waals surface area contributed by atoms with Gasteiger partial charge in [0.05, 0.1) is 11.0 Å². The molecule has 2 aromatic carbocycles. The van der Waals surface area contributed by atoms with Crippen LogP contribution < -0.4 is 0 Å². The van der Waals surface area contributed by atoms with Crippen LogP contribution in [0.2, 0.25) is 0 Å². The number of hydrogen-bond donors (Lipinski definition) is 1. The van der Waals surface area contributed by atoms with Crippen molar-refractivity contribution in [1.82, 2.24) is 9.97 Å². The fourth-order valence-electron chi connectivity index (χ4n) is 1.69. The van der Waals surface area contributed by atoms with Crippen molar-refractivity contribution in [2.24, 2.45) is 0 Å². The summed E-state index contributed by atoms with van der Waals surface area (Å²) in [5.74, 6) is 0. The summed E-state index contributed by atoms with van der Waals surface area (Å²) in [4.78, 5) is 7.50. The molecule has 1 heterocycles. The number of aromatic amines is 1. The monoisotopic (exact) mass is 168 g/mol. The number of aromatic nitrogens is 2. The average molecular weight is 168 g/mol. The molecule has 2 nitrogen and oxygen atoms in total. The molecule has 13 heavy (non-hydrogen) atoms. The summed E-state index contributed by atoms with van der Waals surface area (Å²) in [5.41, 5.74) is 2.13. The van der Waals surface area contributed by atoms with E-state index in [1.165, 1.54) is 10.8 Å². The Morgan fingerprint density at radius 1 is 1.08 bits per heavy atom. The van der Waals surface area contributed by atoms with Gasteiger partial charge in [-0.25, -0.2) is 0 Å². The van der Waals surface area contributed by atoms with E-state index >= 15 is 0 Å². The molecule has 0 saturated carbocycles. The molecule has 0 spiro atoms. The van der Waals surface area contributed by atoms with Gasteiger partial charge >= 0.3 is 0 Å². The van der Waals surface area contributed by atoms with Crippen LogP contribution in [-0.2, 0) is 0 Å². The van der Waals surface area contributed by atoms with Gasteiger partial charge in [-0.1, -0.05) is 24.3 Å². The van der Waals surface area contributed by atoms with Crippen molar-refractivity contribution in [1.29, 1.82) is 0 Å². The van der Waals surface area contributed by atoms with Gasteiger partial charge in [0, 0.05) is 17.8 Å². The maximum Gasteiger partial charge on any atom is 0.0871 e. The number of H-pyrrole nitrogens is 1. The zero-order valence-corrected chi connectivity index (χ0v) is 6.99. The zero-order valence-electron chi connectivity index (χ0n) is 6.99. The lowest BCUT2D eigenvalue weighted by Gasteiger charge is -1.97. The van der Waals surface area contributed by atoms with E-state index in [1.807, 2.05) is 12.3 Å². The Kier molecular flexibility index (Phi) is 1.19. The van der Waals surface area contributed by atoms with E-state index in [0.29, 0.717) is 0 Å². The Labute approximate surface area is 75.2 Å². The largest absolute Gasteiger partial charge is 0.358 e. The normalized spacial score (nSPS) is 11.1. The zero-order chi connectivity index (χ0) is 8.67. The first-order chi connectivity index (χ1) is 6.45. The molecule has 0 aliphatic heterocycles. The Morgan fingerprint density at radius 2 is 2.08 bits per heavy atom. The molecular formula is C11H8N2. The third-order valence-electron chi connectivity index (χ3n) is 2.31. The molecule has 0 atom stereocenters. The van der Waals surface area contributed by atoms with Gasteiger partial charge in [-0.05, 0) is 11.5 Å². The molecular weight excluding hydrogens is 160 g/mol. The summed E-state index contributed by atoms with van der Waals surface area (Å²) in [5, 5.41) is 2.50. The van der Waals surface area contributed by atoms with Gasteiger partial charge in [-0.2, -0.15) is 0 Å². The lowest BCUT2D eigenvalue weighted by Crippen LogP contribution is -1.81. The van der Waals surface area contributed by atoms with E-state index in [2.05, 4.69) is 34.2 Å². The second-order valence-corrected chi connectivity index (χ2v) is 3.08. The van der Waals surface area contributed by atoms with E-state index < -0.39 is 0 Å². The molecule has 2 heteroatoms. The molecule has 0 unspecified atom stereocenters. The van der Waals surface area contributed by atoms with Crippen LogP contribution in [0.15, 0.2) is 42.7 Å². The predicted octanol–water partition coefficient (Wildman–Crippen LogP) is 2.72. The van der Waals surface area contributed by atoms with E-state index in [0.717, 1.165) is 11.0 Å². The molecule has 62 valence electrons. The highest BCUT2D eigenvalue weighted by Crippen LogP contribution is 2.22. The molecule has 0 radical (unpaired) electrons. The van der Waals surface area contributed by atoms with Crippen LogP contribution in [-0.4, -0.2) is 9.97 Å². The average Bonchev–Trinajstić information content (AvgIpc) is 2.65. The van der Waals surface area contributed by atoms with Crippen molar-refractivity contribution in [3.05, 3.63) is 42.7 Å². The summed E-state index contributed by atoms with van der Waals surface area (Å²) < 4.78 is 0. The van der Waals surface area contributed by atoms with E-state index in [9.17, 15) is 0 Å². The Hall–Kier alpha value is -1.83. The van der Waals surface area contributed by atoms with Crippen molar-refractivity contribution in [2.45, 2.75) is 0 Å². The van der Waals surface area contributed by atoms with E-state index in [-0.39, 0.29) is 0 Å². The van der Waals surface area contributed by atoms with Crippen molar-refractivity contribution in [3.8, 4) is 0 Å². The van der Waals surface area contributed by atoms with Crippen LogP contribution in [0.25, 0.3) is 21.8 Å². The van der Waals surface area contributed by atoms with Gasteiger partial charge in [0.15, 0.2) is 0 Å². The van der Waals surface area contributed by atoms with Crippen LogP contribution >= 0.6 is 0 Å². The highest BCUT2D eigenvalue weighted by atomic mass is 14.8. The topological polar surface area (TPSA) is 28.7 Å². The molecule has 0 aliphatic carbocycles. The number of hydrogen-bond acceptors (Lipinski definition) is 1. The fourth-order valence-corrected chi connectivity index (χ4v) is 1.69. The van der Waals surface area contributed by atoms with Crippen LogP contribution in [0.1, 0.15) is 0 Å². The summed E-state index contributed by atoms with van der Waals surface area (Å²) in [7, 11) is 0. The van der Waals surface area contributed by atoms with Crippen LogP contribution in [0.3, 0.4) is 0 Å². The van der Waals surface area contributed by atoms with E-state index in [4.69, 9.17) is 0 Å². The summed E-state index contributed by atoms with van der Waals surface area (Å²) in [6, 6.07) is 10.4. The minimum absolute atomic E-state index is 1.02. The number of benzene rings is 1. The molecule has 0 saturated heterocycles. The highest BCUT2D eigenvalue weighted by Gasteiger charge is 1.99. The molecule has 0 fully saturated rings. The summed E-state index contributed by atoms with van der Waals surface area (Å²) in [6.07, 6.45) is 3.63. The third kappa shape index (κ3) is 0.855. The highest BCUT2D eigenvalue weighted by molar-refractivity contribution is 6.04. The minimum Gasteiger partial charge on any atom is -0.358 e. The SMILES string of the molecule is c1cc2ccc3ncc[nH]c3c2c1. The number of nitrogens with zero attached hydrogens (tertiary/aromatic N) is 1. The summed E-state index contributed by atoms with van der Waals surface area (Å²) >= 11 is 0. The first kappa shape index (κ1) is 6.66. The molecule has 0 bridgehead atoms. The molecule has 1 N–H and O–H groups in total. The maximum absolute atomic E-state index is 4.28. The van der Waals surface area contributed by atoms with Crippen LogP contribution in [0, 0.1) is 0 Å². The van der Waals surface area contributed by atoms with Crippen molar-refractivity contribution in [2.75, 3.05) is 0 Å². The smallest absolute Gasteiger partial charge is 0.0871 e. The molecule has 3 rings (SSSR count). The first-order valence-corrected chi connectivity index (χ1v) is 4.26. The van der Waals surface area contributed by atoms with Crippen LogP contribution in [0.4, 0.5) is 0 Å². The fraction of sp³-hybridized carbons (Fsp3) is 0. The second-order valence-electron chi connectivity index (χ2n) is 3.08. The van der Waals surface area contributed by atoms with Crippen LogP contribution in [0.5, 0.6) is 0 Å². The summed E-state index contributed by atoms with van der Waals surface area (Å²) in [6.45, 7) is 0. The third-order valence-corrected chi connectivity index (χ3v) is 2.31. The Morgan fingerprint density at radius 3 is 3.08 bits per heavy atom. The second kappa shape index (κ2) is 2.33. The lowest BCUT2D eigenvalue weighted by molar-refractivity contribution is 1.30. The van der Waals surface area contributed by atoms with Gasteiger partial charge in [0.25, 0.3) is 0 Å². The molecule has 3 aromatic rings. The standard InChI is InChI=1S/C11H8N2/c1-2-8-4-5-10-11(9(8)3-1)13-7-6-12-10/h1-7,13H. The van der Waals surface area contributed by atoms with Crippen molar-refractivity contribution in [3.63, 3.8) is 0 Å². The minimum atomic E-state index is 1.02. The van der Waals surface area contributed by atoms with Gasteiger partial charge in [-0.3, -0.25) is 4.98 Å². The first-order valence-electron chi connectivity index (χ1n) is 4.26. The van der Waals surface area contributed by atoms with Gasteiger partial charge in [0.1, 0.15) is 0 Å². The van der Waals surface area contributed by atoms with E-state index in [1.54, 1.807) is 6.20 Å².